The lowest BCUT2D eigenvalue weighted by Gasteiger charge is -2.03. The Kier molecular flexibility index (Phi) is 4.92. The van der Waals surface area contributed by atoms with Crippen molar-refractivity contribution in [2.45, 2.75) is 25.5 Å². The maximum atomic E-state index is 12.1. The second-order valence-corrected chi connectivity index (χ2v) is 8.47. The first-order chi connectivity index (χ1) is 10.2. The number of hydrogen-bond acceptors (Lipinski definition) is 6. The fourth-order valence-electron chi connectivity index (χ4n) is 1.74. The maximum absolute atomic E-state index is 12.1. The Balaban J connectivity index is 2.06. The van der Waals surface area contributed by atoms with Crippen LogP contribution in [0.4, 0.5) is 5.13 Å². The van der Waals surface area contributed by atoms with Gasteiger partial charge in [-0.3, -0.25) is 10.1 Å². The highest BCUT2D eigenvalue weighted by Crippen LogP contribution is 2.22. The quantitative estimate of drug-likeness (QED) is 0.904. The van der Waals surface area contributed by atoms with Crippen molar-refractivity contribution in [3.05, 3.63) is 40.4 Å². The predicted molar refractivity (Wildman–Crippen MR) is 86.9 cm³/mol. The third kappa shape index (κ3) is 4.60. The number of nitrogens with one attached hydrogen (secondary N) is 1. The van der Waals surface area contributed by atoms with Gasteiger partial charge in [-0.05, 0) is 17.7 Å². The third-order valence-corrected chi connectivity index (χ3v) is 4.80. The standard InChI is InChI=1S/C14H17N3O3S2/c1-9(2)13-16-17-14(21-13)15-12(18)11-6-4-10(5-7-11)8-22(3,19)20/h4-7,9H,8H2,1-3H3,(H,15,17,18). The molecule has 0 bridgehead atoms. The summed E-state index contributed by atoms with van der Waals surface area (Å²) in [4.78, 5) is 12.1. The van der Waals surface area contributed by atoms with Crippen LogP contribution >= 0.6 is 11.3 Å². The van der Waals surface area contributed by atoms with Crippen LogP contribution in [-0.2, 0) is 15.6 Å². The van der Waals surface area contributed by atoms with E-state index in [0.717, 1.165) is 5.01 Å². The summed E-state index contributed by atoms with van der Waals surface area (Å²) in [6, 6.07) is 6.46. The number of rotatable bonds is 5. The summed E-state index contributed by atoms with van der Waals surface area (Å²) >= 11 is 1.34. The second-order valence-electron chi connectivity index (χ2n) is 5.32. The number of nitrogens with zero attached hydrogens (tertiary/aromatic N) is 2. The summed E-state index contributed by atoms with van der Waals surface area (Å²) in [5.74, 6) is -0.0703. The lowest BCUT2D eigenvalue weighted by Crippen LogP contribution is -2.11. The van der Waals surface area contributed by atoms with Crippen molar-refractivity contribution in [2.75, 3.05) is 11.6 Å². The number of carbonyl (C=O) groups is 1. The van der Waals surface area contributed by atoms with Gasteiger partial charge in [-0.15, -0.1) is 10.2 Å². The largest absolute Gasteiger partial charge is 0.296 e. The van der Waals surface area contributed by atoms with Gasteiger partial charge in [0.25, 0.3) is 5.91 Å². The number of sulfone groups is 1. The summed E-state index contributed by atoms with van der Waals surface area (Å²) in [5, 5.41) is 11.9. The van der Waals surface area contributed by atoms with E-state index in [1.165, 1.54) is 17.6 Å². The van der Waals surface area contributed by atoms with Crippen LogP contribution < -0.4 is 5.32 Å². The number of anilines is 1. The molecule has 1 amide bonds. The van der Waals surface area contributed by atoms with E-state index in [0.29, 0.717) is 16.3 Å². The van der Waals surface area contributed by atoms with Gasteiger partial charge in [0.2, 0.25) is 5.13 Å². The Morgan fingerprint density at radius 2 is 1.86 bits per heavy atom. The van der Waals surface area contributed by atoms with Crippen LogP contribution in [0.1, 0.15) is 40.7 Å². The SMILES string of the molecule is CC(C)c1nnc(NC(=O)c2ccc(CS(C)(=O)=O)cc2)s1. The second kappa shape index (κ2) is 6.53. The van der Waals surface area contributed by atoms with Crippen LogP contribution in [0.15, 0.2) is 24.3 Å². The molecule has 6 nitrogen and oxygen atoms in total. The van der Waals surface area contributed by atoms with Gasteiger partial charge in [-0.2, -0.15) is 0 Å². The van der Waals surface area contributed by atoms with E-state index in [9.17, 15) is 13.2 Å². The molecule has 118 valence electrons. The minimum Gasteiger partial charge on any atom is -0.296 e. The van der Waals surface area contributed by atoms with Crippen LogP contribution in [0, 0.1) is 0 Å². The first-order valence-electron chi connectivity index (χ1n) is 6.66. The van der Waals surface area contributed by atoms with Crippen LogP contribution in [0.25, 0.3) is 0 Å². The minimum atomic E-state index is -3.08. The van der Waals surface area contributed by atoms with Gasteiger partial charge in [0, 0.05) is 17.7 Å². The Morgan fingerprint density at radius 3 is 2.36 bits per heavy atom. The molecule has 0 saturated carbocycles. The topological polar surface area (TPSA) is 89.0 Å². The number of aromatic nitrogens is 2. The molecule has 0 fully saturated rings. The molecule has 1 aromatic heterocycles. The molecule has 2 rings (SSSR count). The van der Waals surface area contributed by atoms with E-state index in [4.69, 9.17) is 0 Å². The van der Waals surface area contributed by atoms with Crippen molar-refractivity contribution in [1.82, 2.24) is 10.2 Å². The normalized spacial score (nSPS) is 11.6. The van der Waals surface area contributed by atoms with Gasteiger partial charge in [0.1, 0.15) is 5.01 Å². The van der Waals surface area contributed by atoms with Gasteiger partial charge in [-0.25, -0.2) is 8.42 Å². The summed E-state index contributed by atoms with van der Waals surface area (Å²) in [6.45, 7) is 4.01. The van der Waals surface area contributed by atoms with E-state index in [1.54, 1.807) is 24.3 Å². The molecule has 0 atom stereocenters. The molecule has 0 radical (unpaired) electrons. The van der Waals surface area contributed by atoms with Crippen LogP contribution in [0.2, 0.25) is 0 Å². The molecule has 1 aromatic carbocycles. The average molecular weight is 339 g/mol. The van der Waals surface area contributed by atoms with Crippen molar-refractivity contribution >= 4 is 32.2 Å². The van der Waals surface area contributed by atoms with Gasteiger partial charge in [0.15, 0.2) is 9.84 Å². The monoisotopic (exact) mass is 339 g/mol. The molecule has 8 heteroatoms. The summed E-state index contributed by atoms with van der Waals surface area (Å²) in [5.41, 5.74) is 1.09. The molecule has 0 aliphatic carbocycles. The smallest absolute Gasteiger partial charge is 0.257 e. The first kappa shape index (κ1) is 16.6. The highest BCUT2D eigenvalue weighted by atomic mass is 32.2. The van der Waals surface area contributed by atoms with E-state index >= 15 is 0 Å². The van der Waals surface area contributed by atoms with Gasteiger partial charge >= 0.3 is 0 Å². The molecular formula is C14H17N3O3S2. The Labute approximate surface area is 133 Å². The molecule has 1 N–H and O–H groups in total. The Hall–Kier alpha value is -1.80. The zero-order chi connectivity index (χ0) is 16.3. The lowest BCUT2D eigenvalue weighted by atomic mass is 10.1. The van der Waals surface area contributed by atoms with Crippen molar-refractivity contribution in [3.8, 4) is 0 Å². The van der Waals surface area contributed by atoms with Gasteiger partial charge in [-0.1, -0.05) is 37.3 Å². The molecule has 0 aliphatic heterocycles. The Morgan fingerprint density at radius 1 is 1.23 bits per heavy atom. The summed E-state index contributed by atoms with van der Waals surface area (Å²) in [7, 11) is -3.08. The van der Waals surface area contributed by atoms with Crippen molar-refractivity contribution in [3.63, 3.8) is 0 Å². The fraction of sp³-hybridized carbons (Fsp3) is 0.357. The van der Waals surface area contributed by atoms with Gasteiger partial charge in [0.05, 0.1) is 5.75 Å². The predicted octanol–water partition coefficient (Wildman–Crippen LogP) is 2.46. The van der Waals surface area contributed by atoms with Gasteiger partial charge < -0.3 is 0 Å². The molecule has 0 aliphatic rings. The zero-order valence-corrected chi connectivity index (χ0v) is 14.2. The minimum absolute atomic E-state index is 0.0386. The highest BCUT2D eigenvalue weighted by molar-refractivity contribution is 7.89. The Bertz CT molecular complexity index is 765. The average Bonchev–Trinajstić information content (AvgIpc) is 2.86. The maximum Gasteiger partial charge on any atom is 0.257 e. The summed E-state index contributed by atoms with van der Waals surface area (Å²) in [6.07, 6.45) is 1.18. The molecule has 0 saturated heterocycles. The van der Waals surface area contributed by atoms with E-state index < -0.39 is 9.84 Å². The zero-order valence-electron chi connectivity index (χ0n) is 12.5. The number of amides is 1. The van der Waals surface area contributed by atoms with Crippen molar-refractivity contribution < 1.29 is 13.2 Å². The van der Waals surface area contributed by atoms with Crippen LogP contribution in [0.5, 0.6) is 0 Å². The van der Waals surface area contributed by atoms with Crippen molar-refractivity contribution in [2.24, 2.45) is 0 Å². The molecule has 2 aromatic rings. The molecule has 22 heavy (non-hydrogen) atoms. The van der Waals surface area contributed by atoms with E-state index in [2.05, 4.69) is 15.5 Å². The number of carbonyl (C=O) groups excluding carboxylic acids is 1. The lowest BCUT2D eigenvalue weighted by molar-refractivity contribution is 0.102. The fourth-order valence-corrected chi connectivity index (χ4v) is 3.28. The van der Waals surface area contributed by atoms with E-state index in [1.807, 2.05) is 13.8 Å². The molecule has 1 heterocycles. The summed E-state index contributed by atoms with van der Waals surface area (Å²) < 4.78 is 22.4. The number of benzene rings is 1. The first-order valence-corrected chi connectivity index (χ1v) is 9.54. The molecule has 0 unspecified atom stereocenters. The van der Waals surface area contributed by atoms with E-state index in [-0.39, 0.29) is 17.6 Å². The molecular weight excluding hydrogens is 322 g/mol. The van der Waals surface area contributed by atoms with Crippen LogP contribution in [-0.4, -0.2) is 30.8 Å². The number of hydrogen-bond donors (Lipinski definition) is 1. The molecule has 0 spiro atoms. The van der Waals surface area contributed by atoms with Crippen molar-refractivity contribution in [1.29, 1.82) is 0 Å². The van der Waals surface area contributed by atoms with Crippen LogP contribution in [0.3, 0.4) is 0 Å². The highest BCUT2D eigenvalue weighted by Gasteiger charge is 2.12. The third-order valence-electron chi connectivity index (χ3n) is 2.80.